The van der Waals surface area contributed by atoms with Crippen molar-refractivity contribution in [2.45, 2.75) is 44.6 Å². The van der Waals surface area contributed by atoms with E-state index < -0.39 is 23.0 Å². The summed E-state index contributed by atoms with van der Waals surface area (Å²) in [5.41, 5.74) is 2.55. The molecule has 4 rings (SSSR count). The van der Waals surface area contributed by atoms with E-state index in [9.17, 15) is 19.5 Å². The Balaban J connectivity index is 1.30. The smallest absolute Gasteiger partial charge is 0.407 e. The summed E-state index contributed by atoms with van der Waals surface area (Å²) in [6.45, 7) is 4.23. The Hall–Kier alpha value is -3.39. The topological polar surface area (TPSA) is 114 Å². The van der Waals surface area contributed by atoms with Gasteiger partial charge in [-0.25, -0.2) is 4.79 Å². The number of nitrogens with one attached hydrogen (secondary N) is 2. The average molecular weight is 481 g/mol. The molecule has 0 spiro atoms. The standard InChI is InChI=1S/C27H32N2O6/c1-26(2,14-23(30)28-16-27(24(31)32)12-7-13-34-17-27)29-25(33)35-15-22-20-10-5-3-8-18(20)19-9-4-6-11-21(19)22/h3-6,8-11,22H,7,12-17H2,1-2H3,(H,28,30)(H,29,33)(H,31,32). The zero-order valence-electron chi connectivity index (χ0n) is 20.1. The number of benzene rings is 2. The lowest BCUT2D eigenvalue weighted by atomic mass is 9.82. The molecule has 2 aromatic rings. The Kier molecular flexibility index (Phi) is 7.12. The molecular weight excluding hydrogens is 448 g/mol. The van der Waals surface area contributed by atoms with E-state index in [-0.39, 0.29) is 38.0 Å². The fourth-order valence-electron chi connectivity index (χ4n) is 4.92. The van der Waals surface area contributed by atoms with Crippen LogP contribution >= 0.6 is 0 Å². The highest BCUT2D eigenvalue weighted by Gasteiger charge is 2.41. The second kappa shape index (κ2) is 10.1. The van der Waals surface area contributed by atoms with Gasteiger partial charge in [0.05, 0.1) is 6.61 Å². The molecule has 35 heavy (non-hydrogen) atoms. The van der Waals surface area contributed by atoms with E-state index in [1.165, 1.54) is 0 Å². The number of aliphatic carboxylic acids is 1. The van der Waals surface area contributed by atoms with Crippen molar-refractivity contribution in [2.75, 3.05) is 26.4 Å². The fourth-order valence-corrected chi connectivity index (χ4v) is 4.92. The lowest BCUT2D eigenvalue weighted by Crippen LogP contribution is -2.51. The lowest BCUT2D eigenvalue weighted by Gasteiger charge is -2.33. The summed E-state index contributed by atoms with van der Waals surface area (Å²) in [6.07, 6.45) is 0.460. The van der Waals surface area contributed by atoms with Gasteiger partial charge in [0.25, 0.3) is 0 Å². The number of carbonyl (C=O) groups excluding carboxylic acids is 2. The van der Waals surface area contributed by atoms with Gasteiger partial charge in [-0.2, -0.15) is 0 Å². The van der Waals surface area contributed by atoms with Crippen LogP contribution in [0.1, 0.15) is 50.2 Å². The molecular formula is C27H32N2O6. The molecule has 186 valence electrons. The van der Waals surface area contributed by atoms with Gasteiger partial charge in [0, 0.05) is 31.0 Å². The van der Waals surface area contributed by atoms with Crippen molar-refractivity contribution in [3.8, 4) is 11.1 Å². The van der Waals surface area contributed by atoms with E-state index in [2.05, 4.69) is 34.9 Å². The van der Waals surface area contributed by atoms with Gasteiger partial charge in [-0.05, 0) is 48.9 Å². The highest BCUT2D eigenvalue weighted by molar-refractivity contribution is 5.81. The number of hydrogen-bond acceptors (Lipinski definition) is 5. The monoisotopic (exact) mass is 480 g/mol. The van der Waals surface area contributed by atoms with Gasteiger partial charge < -0.3 is 25.2 Å². The van der Waals surface area contributed by atoms with Crippen LogP contribution in [0.5, 0.6) is 0 Å². The molecule has 1 fully saturated rings. The van der Waals surface area contributed by atoms with Crippen LogP contribution in [0.25, 0.3) is 11.1 Å². The van der Waals surface area contributed by atoms with Gasteiger partial charge in [0.1, 0.15) is 12.0 Å². The molecule has 1 atom stereocenters. The molecule has 8 heteroatoms. The van der Waals surface area contributed by atoms with Crippen LogP contribution in [0.15, 0.2) is 48.5 Å². The number of fused-ring (bicyclic) bond motifs is 3. The highest BCUT2D eigenvalue weighted by Crippen LogP contribution is 2.44. The van der Waals surface area contributed by atoms with E-state index in [0.717, 1.165) is 22.3 Å². The highest BCUT2D eigenvalue weighted by atomic mass is 16.5. The average Bonchev–Trinajstić information content (AvgIpc) is 3.15. The minimum atomic E-state index is -1.11. The number of carbonyl (C=O) groups is 3. The maximum absolute atomic E-state index is 12.6. The van der Waals surface area contributed by atoms with Crippen LogP contribution < -0.4 is 10.6 Å². The van der Waals surface area contributed by atoms with Crippen LogP contribution in [0, 0.1) is 5.41 Å². The summed E-state index contributed by atoms with van der Waals surface area (Å²) in [6, 6.07) is 16.2. The van der Waals surface area contributed by atoms with Gasteiger partial charge >= 0.3 is 12.1 Å². The van der Waals surface area contributed by atoms with Crippen LogP contribution in [-0.4, -0.2) is 55.0 Å². The number of amides is 2. The Labute approximate surface area is 205 Å². The predicted molar refractivity (Wildman–Crippen MR) is 130 cm³/mol. The minimum Gasteiger partial charge on any atom is -0.481 e. The first kappa shape index (κ1) is 24.7. The summed E-state index contributed by atoms with van der Waals surface area (Å²) in [4.78, 5) is 36.9. The minimum absolute atomic E-state index is 0.0117. The van der Waals surface area contributed by atoms with E-state index in [4.69, 9.17) is 9.47 Å². The van der Waals surface area contributed by atoms with Crippen LogP contribution in [-0.2, 0) is 19.1 Å². The Morgan fingerprint density at radius 1 is 1.09 bits per heavy atom. The van der Waals surface area contributed by atoms with E-state index in [1.807, 2.05) is 24.3 Å². The summed E-state index contributed by atoms with van der Waals surface area (Å²) in [5, 5.41) is 15.1. The molecule has 1 saturated heterocycles. The number of carboxylic acids is 1. The van der Waals surface area contributed by atoms with E-state index in [0.29, 0.717) is 19.4 Å². The molecule has 0 saturated carbocycles. The maximum atomic E-state index is 12.6. The van der Waals surface area contributed by atoms with Crippen molar-refractivity contribution < 1.29 is 29.0 Å². The molecule has 0 bridgehead atoms. The number of rotatable bonds is 8. The van der Waals surface area contributed by atoms with Gasteiger partial charge in [-0.15, -0.1) is 0 Å². The quantitative estimate of drug-likeness (QED) is 0.531. The molecule has 1 unspecified atom stereocenters. The predicted octanol–water partition coefficient (Wildman–Crippen LogP) is 3.69. The molecule has 1 aliphatic carbocycles. The third-order valence-electron chi connectivity index (χ3n) is 6.79. The van der Waals surface area contributed by atoms with Crippen molar-refractivity contribution in [3.63, 3.8) is 0 Å². The molecule has 3 N–H and O–H groups in total. The SMILES string of the molecule is CC(C)(CC(=O)NCC1(C(=O)O)CCCOC1)NC(=O)OCC1c2ccccc2-c2ccccc21. The van der Waals surface area contributed by atoms with Crippen molar-refractivity contribution >= 4 is 18.0 Å². The van der Waals surface area contributed by atoms with Gasteiger partial charge in [0.15, 0.2) is 0 Å². The summed E-state index contributed by atoms with van der Waals surface area (Å²) >= 11 is 0. The zero-order valence-corrected chi connectivity index (χ0v) is 20.1. The van der Waals surface area contributed by atoms with Crippen molar-refractivity contribution in [1.82, 2.24) is 10.6 Å². The van der Waals surface area contributed by atoms with Crippen LogP contribution in [0.2, 0.25) is 0 Å². The Bertz CT molecular complexity index is 1060. The van der Waals surface area contributed by atoms with Crippen molar-refractivity contribution in [3.05, 3.63) is 59.7 Å². The molecule has 2 aromatic carbocycles. The fraction of sp³-hybridized carbons (Fsp3) is 0.444. The molecule has 1 heterocycles. The van der Waals surface area contributed by atoms with E-state index >= 15 is 0 Å². The first-order valence-corrected chi connectivity index (χ1v) is 11.9. The first-order valence-electron chi connectivity index (χ1n) is 11.9. The molecule has 2 aliphatic rings. The third-order valence-corrected chi connectivity index (χ3v) is 6.79. The first-order chi connectivity index (χ1) is 16.7. The number of hydrogen-bond donors (Lipinski definition) is 3. The lowest BCUT2D eigenvalue weighted by molar-refractivity contribution is -0.157. The van der Waals surface area contributed by atoms with Gasteiger partial charge in [0.2, 0.25) is 5.91 Å². The zero-order chi connectivity index (χ0) is 25.1. The Morgan fingerprint density at radius 3 is 2.29 bits per heavy atom. The number of ether oxygens (including phenoxy) is 2. The van der Waals surface area contributed by atoms with Gasteiger partial charge in [-0.1, -0.05) is 48.5 Å². The third kappa shape index (κ3) is 5.48. The Morgan fingerprint density at radius 2 is 1.71 bits per heavy atom. The number of carboxylic acid groups (broad SMARTS) is 1. The second-order valence-corrected chi connectivity index (χ2v) is 10.0. The molecule has 0 radical (unpaired) electrons. The molecule has 0 aromatic heterocycles. The maximum Gasteiger partial charge on any atom is 0.407 e. The van der Waals surface area contributed by atoms with Crippen LogP contribution in [0.4, 0.5) is 4.79 Å². The second-order valence-electron chi connectivity index (χ2n) is 10.0. The van der Waals surface area contributed by atoms with E-state index in [1.54, 1.807) is 13.8 Å². The normalized spacial score (nSPS) is 19.4. The summed E-state index contributed by atoms with van der Waals surface area (Å²) in [7, 11) is 0. The summed E-state index contributed by atoms with van der Waals surface area (Å²) < 4.78 is 10.9. The molecule has 8 nitrogen and oxygen atoms in total. The van der Waals surface area contributed by atoms with Crippen LogP contribution in [0.3, 0.4) is 0 Å². The number of alkyl carbamates (subject to hydrolysis) is 1. The van der Waals surface area contributed by atoms with Crippen molar-refractivity contribution in [1.29, 1.82) is 0 Å². The molecule has 1 aliphatic heterocycles. The summed E-state index contributed by atoms with van der Waals surface area (Å²) in [5.74, 6) is -1.38. The molecule has 2 amide bonds. The largest absolute Gasteiger partial charge is 0.481 e. The van der Waals surface area contributed by atoms with Gasteiger partial charge in [-0.3, -0.25) is 9.59 Å². The van der Waals surface area contributed by atoms with Crippen molar-refractivity contribution in [2.24, 2.45) is 5.41 Å².